The molecule has 0 fully saturated rings. The van der Waals surface area contributed by atoms with Crippen LogP contribution in [0.2, 0.25) is 5.15 Å². The fourth-order valence-corrected chi connectivity index (χ4v) is 1.49. The Labute approximate surface area is 98.5 Å². The van der Waals surface area contributed by atoms with E-state index in [4.69, 9.17) is 11.6 Å². The summed E-state index contributed by atoms with van der Waals surface area (Å²) >= 11 is 5.74. The molecule has 84 valence electrons. The number of hydrogen-bond acceptors (Lipinski definition) is 4. The third-order valence-electron chi connectivity index (χ3n) is 2.09. The molecule has 16 heavy (non-hydrogen) atoms. The van der Waals surface area contributed by atoms with Crippen molar-refractivity contribution in [2.75, 3.05) is 11.9 Å². The van der Waals surface area contributed by atoms with Gasteiger partial charge in [-0.05, 0) is 6.07 Å². The van der Waals surface area contributed by atoms with Crippen molar-refractivity contribution in [1.29, 1.82) is 0 Å². The molecule has 5 nitrogen and oxygen atoms in total. The van der Waals surface area contributed by atoms with Gasteiger partial charge in [0.05, 0.1) is 5.69 Å². The Balaban J connectivity index is 1.84. The first-order valence-electron chi connectivity index (χ1n) is 4.94. The average molecular weight is 238 g/mol. The first kappa shape index (κ1) is 10.9. The fourth-order valence-electron chi connectivity index (χ4n) is 1.35. The fraction of sp³-hybridized carbons (Fsp3) is 0.300. The van der Waals surface area contributed by atoms with Gasteiger partial charge in [0.15, 0.2) is 0 Å². The summed E-state index contributed by atoms with van der Waals surface area (Å²) in [6, 6.07) is 3.69. The van der Waals surface area contributed by atoms with Crippen molar-refractivity contribution in [3.63, 3.8) is 0 Å². The molecule has 2 aromatic heterocycles. The molecule has 0 aliphatic heterocycles. The first-order chi connectivity index (χ1) is 7.74. The van der Waals surface area contributed by atoms with Crippen molar-refractivity contribution >= 4 is 17.4 Å². The highest BCUT2D eigenvalue weighted by atomic mass is 35.5. The number of nitrogens with one attached hydrogen (secondary N) is 1. The molecule has 0 amide bonds. The molecule has 1 N–H and O–H groups in total. The molecule has 2 rings (SSSR count). The van der Waals surface area contributed by atoms with E-state index in [1.54, 1.807) is 10.7 Å². The lowest BCUT2D eigenvalue weighted by Gasteiger charge is -2.03. The predicted octanol–water partition coefficient (Wildman–Crippen LogP) is 1.52. The van der Waals surface area contributed by atoms with Crippen LogP contribution in [-0.4, -0.2) is 26.3 Å². The van der Waals surface area contributed by atoms with Crippen molar-refractivity contribution in [3.05, 3.63) is 35.5 Å². The number of rotatable bonds is 4. The summed E-state index contributed by atoms with van der Waals surface area (Å²) in [7, 11) is 1.90. The number of hydrogen-bond donors (Lipinski definition) is 1. The summed E-state index contributed by atoms with van der Waals surface area (Å²) in [5, 5.41) is 7.88. The van der Waals surface area contributed by atoms with Gasteiger partial charge in [0, 0.05) is 32.3 Å². The van der Waals surface area contributed by atoms with Crippen LogP contribution in [0, 0.1) is 0 Å². The van der Waals surface area contributed by atoms with E-state index in [1.165, 1.54) is 6.33 Å². The van der Waals surface area contributed by atoms with Crippen molar-refractivity contribution in [3.8, 4) is 0 Å². The molecule has 0 atom stereocenters. The Hall–Kier alpha value is -1.62. The maximum Gasteiger partial charge on any atom is 0.134 e. The van der Waals surface area contributed by atoms with E-state index in [0.29, 0.717) is 5.15 Å². The monoisotopic (exact) mass is 237 g/mol. The second kappa shape index (κ2) is 4.94. The Morgan fingerprint density at radius 1 is 1.44 bits per heavy atom. The van der Waals surface area contributed by atoms with E-state index in [0.717, 1.165) is 24.5 Å². The van der Waals surface area contributed by atoms with Crippen LogP contribution in [0.5, 0.6) is 0 Å². The summed E-state index contributed by atoms with van der Waals surface area (Å²) in [5.41, 5.74) is 1.05. The number of aromatic nitrogens is 4. The number of aryl methyl sites for hydroxylation is 1. The molecule has 0 saturated heterocycles. The topological polar surface area (TPSA) is 55.6 Å². The Bertz CT molecular complexity index is 468. The molecule has 0 unspecified atom stereocenters. The maximum absolute atomic E-state index is 5.74. The molecule has 0 aliphatic rings. The Morgan fingerprint density at radius 3 is 3.00 bits per heavy atom. The summed E-state index contributed by atoms with van der Waals surface area (Å²) < 4.78 is 1.79. The number of anilines is 1. The third kappa shape index (κ3) is 2.93. The van der Waals surface area contributed by atoms with Gasteiger partial charge < -0.3 is 5.32 Å². The minimum absolute atomic E-state index is 0.440. The lowest BCUT2D eigenvalue weighted by Crippen LogP contribution is -2.07. The molecule has 0 radical (unpaired) electrons. The minimum Gasteiger partial charge on any atom is -0.370 e. The highest BCUT2D eigenvalue weighted by molar-refractivity contribution is 6.29. The highest BCUT2D eigenvalue weighted by Crippen LogP contribution is 2.08. The summed E-state index contributed by atoms with van der Waals surface area (Å²) in [4.78, 5) is 7.85. The van der Waals surface area contributed by atoms with Gasteiger partial charge in [0.2, 0.25) is 0 Å². The zero-order valence-corrected chi connectivity index (χ0v) is 9.65. The highest BCUT2D eigenvalue weighted by Gasteiger charge is 1.98. The van der Waals surface area contributed by atoms with Gasteiger partial charge in [-0.3, -0.25) is 4.68 Å². The zero-order valence-electron chi connectivity index (χ0n) is 8.89. The van der Waals surface area contributed by atoms with Gasteiger partial charge in [-0.15, -0.1) is 0 Å². The molecule has 6 heteroatoms. The van der Waals surface area contributed by atoms with E-state index in [1.807, 2.05) is 19.3 Å². The second-order valence-electron chi connectivity index (χ2n) is 3.38. The minimum atomic E-state index is 0.440. The maximum atomic E-state index is 5.74. The Kier molecular flexibility index (Phi) is 3.36. The van der Waals surface area contributed by atoms with Crippen LogP contribution in [0.4, 0.5) is 5.82 Å². The normalized spacial score (nSPS) is 10.4. The molecular formula is C10H12ClN5. The van der Waals surface area contributed by atoms with Crippen molar-refractivity contribution in [2.45, 2.75) is 6.42 Å². The standard InChI is InChI=1S/C10H12ClN5/c1-16-5-3-8(15-16)2-4-12-10-6-9(11)13-7-14-10/h3,5-7H,2,4H2,1H3,(H,12,13,14). The lowest BCUT2D eigenvalue weighted by atomic mass is 10.3. The van der Waals surface area contributed by atoms with Gasteiger partial charge in [-0.2, -0.15) is 5.10 Å². The third-order valence-corrected chi connectivity index (χ3v) is 2.30. The molecular weight excluding hydrogens is 226 g/mol. The lowest BCUT2D eigenvalue weighted by molar-refractivity contribution is 0.742. The van der Waals surface area contributed by atoms with E-state index >= 15 is 0 Å². The predicted molar refractivity (Wildman–Crippen MR) is 62.4 cm³/mol. The van der Waals surface area contributed by atoms with Gasteiger partial charge in [0.1, 0.15) is 17.3 Å². The molecule has 2 aromatic rings. The van der Waals surface area contributed by atoms with Crippen LogP contribution in [0.25, 0.3) is 0 Å². The molecule has 0 aromatic carbocycles. The van der Waals surface area contributed by atoms with Crippen LogP contribution in [0.1, 0.15) is 5.69 Å². The largest absolute Gasteiger partial charge is 0.370 e. The van der Waals surface area contributed by atoms with Gasteiger partial charge in [-0.25, -0.2) is 9.97 Å². The van der Waals surface area contributed by atoms with Gasteiger partial charge >= 0.3 is 0 Å². The average Bonchev–Trinajstić information content (AvgIpc) is 2.64. The van der Waals surface area contributed by atoms with Crippen LogP contribution in [-0.2, 0) is 13.5 Å². The summed E-state index contributed by atoms with van der Waals surface area (Å²) in [6.07, 6.45) is 4.21. The first-order valence-corrected chi connectivity index (χ1v) is 5.32. The number of halogens is 1. The molecule has 0 saturated carbocycles. The quantitative estimate of drug-likeness (QED) is 0.820. The SMILES string of the molecule is Cn1ccc(CCNc2cc(Cl)ncn2)n1. The van der Waals surface area contributed by atoms with Crippen LogP contribution in [0.3, 0.4) is 0 Å². The molecule has 0 bridgehead atoms. The van der Waals surface area contributed by atoms with E-state index < -0.39 is 0 Å². The van der Waals surface area contributed by atoms with Crippen molar-refractivity contribution in [2.24, 2.45) is 7.05 Å². The molecule has 0 spiro atoms. The smallest absolute Gasteiger partial charge is 0.134 e. The Morgan fingerprint density at radius 2 is 2.31 bits per heavy atom. The summed E-state index contributed by atoms with van der Waals surface area (Å²) in [5.74, 6) is 0.732. The second-order valence-corrected chi connectivity index (χ2v) is 3.77. The van der Waals surface area contributed by atoms with E-state index in [9.17, 15) is 0 Å². The van der Waals surface area contributed by atoms with E-state index in [2.05, 4.69) is 20.4 Å². The summed E-state index contributed by atoms with van der Waals surface area (Å²) in [6.45, 7) is 0.768. The molecule has 0 aliphatic carbocycles. The zero-order chi connectivity index (χ0) is 11.4. The van der Waals surface area contributed by atoms with Crippen LogP contribution in [0.15, 0.2) is 24.7 Å². The number of nitrogens with zero attached hydrogens (tertiary/aromatic N) is 4. The van der Waals surface area contributed by atoms with Crippen molar-refractivity contribution in [1.82, 2.24) is 19.7 Å². The van der Waals surface area contributed by atoms with E-state index in [-0.39, 0.29) is 0 Å². The van der Waals surface area contributed by atoms with Crippen LogP contribution >= 0.6 is 11.6 Å². The van der Waals surface area contributed by atoms with Crippen LogP contribution < -0.4 is 5.32 Å². The van der Waals surface area contributed by atoms with Gasteiger partial charge in [0.25, 0.3) is 0 Å². The molecule has 2 heterocycles. The van der Waals surface area contributed by atoms with Crippen molar-refractivity contribution < 1.29 is 0 Å². The van der Waals surface area contributed by atoms with Gasteiger partial charge in [-0.1, -0.05) is 11.6 Å².